The summed E-state index contributed by atoms with van der Waals surface area (Å²) in [6, 6.07) is 0.240. The molecule has 1 unspecified atom stereocenters. The minimum absolute atomic E-state index is 0.00646. The van der Waals surface area contributed by atoms with Crippen LogP contribution >= 0.6 is 15.9 Å². The molecule has 1 saturated heterocycles. The lowest BCUT2D eigenvalue weighted by molar-refractivity contribution is -0.165. The van der Waals surface area contributed by atoms with E-state index in [0.29, 0.717) is 19.1 Å². The van der Waals surface area contributed by atoms with Crippen LogP contribution < -0.4 is 0 Å². The van der Waals surface area contributed by atoms with Gasteiger partial charge in [-0.25, -0.2) is 0 Å². The fraction of sp³-hybridized carbons (Fsp3) is 0.938. The Morgan fingerprint density at radius 3 is 2.30 bits per heavy atom. The topological polar surface area (TPSA) is 29.5 Å². The van der Waals surface area contributed by atoms with Crippen LogP contribution in [0.2, 0.25) is 0 Å². The van der Waals surface area contributed by atoms with Gasteiger partial charge in [0.1, 0.15) is 0 Å². The Kier molecular flexibility index (Phi) is 3.38. The van der Waals surface area contributed by atoms with Crippen LogP contribution in [0.1, 0.15) is 38.5 Å². The summed E-state index contributed by atoms with van der Waals surface area (Å²) in [7, 11) is 0. The van der Waals surface area contributed by atoms with Gasteiger partial charge < -0.3 is 9.64 Å². The number of halogens is 1. The van der Waals surface area contributed by atoms with Crippen LogP contribution in [0, 0.1) is 23.2 Å². The van der Waals surface area contributed by atoms with Crippen molar-refractivity contribution in [3.63, 3.8) is 0 Å². The highest BCUT2D eigenvalue weighted by Gasteiger charge is 2.56. The standard InChI is InChI=1S/C16H24BrNO2/c17-9-14-10-20-2-1-18(14)15(19)16-6-11-3-12(7-16)5-13(4-11)8-16/h11-14H,1-10H2. The van der Waals surface area contributed by atoms with E-state index in [-0.39, 0.29) is 11.5 Å². The van der Waals surface area contributed by atoms with E-state index in [9.17, 15) is 4.79 Å². The molecule has 1 atom stereocenters. The number of rotatable bonds is 2. The maximum absolute atomic E-state index is 13.3. The average molecular weight is 342 g/mol. The second-order valence-corrected chi connectivity index (χ2v) is 8.23. The maximum Gasteiger partial charge on any atom is 0.229 e. The second-order valence-electron chi connectivity index (χ2n) is 7.58. The molecule has 0 aromatic carbocycles. The molecule has 0 spiro atoms. The lowest BCUT2D eigenvalue weighted by Crippen LogP contribution is -2.59. The Morgan fingerprint density at radius 2 is 1.75 bits per heavy atom. The first-order chi connectivity index (χ1) is 9.70. The smallest absolute Gasteiger partial charge is 0.229 e. The second kappa shape index (κ2) is 4.98. The lowest BCUT2D eigenvalue weighted by atomic mass is 9.49. The van der Waals surface area contributed by atoms with Crippen LogP contribution in [0.25, 0.3) is 0 Å². The lowest BCUT2D eigenvalue weighted by Gasteiger charge is -2.57. The van der Waals surface area contributed by atoms with Crippen LogP contribution in [0.5, 0.6) is 0 Å². The van der Waals surface area contributed by atoms with Crippen molar-refractivity contribution in [1.29, 1.82) is 0 Å². The molecule has 4 saturated carbocycles. The van der Waals surface area contributed by atoms with Gasteiger partial charge in [0, 0.05) is 11.9 Å². The molecule has 0 N–H and O–H groups in total. The molecule has 5 rings (SSSR count). The summed E-state index contributed by atoms with van der Waals surface area (Å²) in [5.74, 6) is 2.99. The number of ether oxygens (including phenoxy) is 1. The first-order valence-corrected chi connectivity index (χ1v) is 9.27. The summed E-state index contributed by atoms with van der Waals surface area (Å²) in [6.45, 7) is 2.20. The van der Waals surface area contributed by atoms with Gasteiger partial charge in [-0.05, 0) is 56.3 Å². The van der Waals surface area contributed by atoms with Gasteiger partial charge in [-0.3, -0.25) is 4.79 Å². The minimum atomic E-state index is 0.00646. The van der Waals surface area contributed by atoms with E-state index in [1.54, 1.807) is 0 Å². The largest absolute Gasteiger partial charge is 0.377 e. The molecular formula is C16H24BrNO2. The summed E-state index contributed by atoms with van der Waals surface area (Å²) < 4.78 is 5.55. The van der Waals surface area contributed by atoms with Crippen molar-refractivity contribution in [3.8, 4) is 0 Å². The van der Waals surface area contributed by atoms with Crippen LogP contribution in [0.4, 0.5) is 0 Å². The van der Waals surface area contributed by atoms with E-state index in [2.05, 4.69) is 20.8 Å². The number of amides is 1. The summed E-state index contributed by atoms with van der Waals surface area (Å²) in [5.41, 5.74) is 0.00646. The number of hydrogen-bond donors (Lipinski definition) is 0. The Hall–Kier alpha value is -0.0900. The monoisotopic (exact) mass is 341 g/mol. The third kappa shape index (κ3) is 2.06. The molecule has 5 fully saturated rings. The average Bonchev–Trinajstić information content (AvgIpc) is 2.45. The molecule has 1 aliphatic heterocycles. The number of morpholine rings is 1. The van der Waals surface area contributed by atoms with Crippen molar-refractivity contribution in [2.45, 2.75) is 44.6 Å². The van der Waals surface area contributed by atoms with Gasteiger partial charge in [0.15, 0.2) is 0 Å². The van der Waals surface area contributed by atoms with E-state index in [0.717, 1.165) is 29.6 Å². The molecule has 4 heteroatoms. The van der Waals surface area contributed by atoms with E-state index in [1.807, 2.05) is 0 Å². The van der Waals surface area contributed by atoms with Crippen molar-refractivity contribution in [1.82, 2.24) is 4.90 Å². The third-order valence-electron chi connectivity index (χ3n) is 6.16. The predicted molar refractivity (Wildman–Crippen MR) is 80.7 cm³/mol. The first-order valence-electron chi connectivity index (χ1n) is 8.15. The molecule has 1 amide bonds. The number of hydrogen-bond acceptors (Lipinski definition) is 2. The SMILES string of the molecule is O=C(N1CCOCC1CBr)C12CC3CC(CC(C3)C1)C2. The van der Waals surface area contributed by atoms with Crippen molar-refractivity contribution in [2.75, 3.05) is 25.1 Å². The van der Waals surface area contributed by atoms with Crippen molar-refractivity contribution < 1.29 is 9.53 Å². The first kappa shape index (κ1) is 13.6. The molecule has 4 bridgehead atoms. The number of carbonyl (C=O) groups excluding carboxylic acids is 1. The molecule has 0 radical (unpaired) electrons. The Bertz CT molecular complexity index is 376. The van der Waals surface area contributed by atoms with Crippen LogP contribution in [0.15, 0.2) is 0 Å². The molecule has 0 aromatic heterocycles. The fourth-order valence-corrected chi connectivity index (χ4v) is 6.26. The highest BCUT2D eigenvalue weighted by molar-refractivity contribution is 9.09. The Morgan fingerprint density at radius 1 is 1.15 bits per heavy atom. The maximum atomic E-state index is 13.3. The molecule has 112 valence electrons. The summed E-state index contributed by atoms with van der Waals surface area (Å²) >= 11 is 3.56. The summed E-state index contributed by atoms with van der Waals surface area (Å²) in [5, 5.41) is 0.838. The highest BCUT2D eigenvalue weighted by Crippen LogP contribution is 2.60. The van der Waals surface area contributed by atoms with Gasteiger partial charge in [-0.1, -0.05) is 15.9 Å². The Labute approximate surface area is 129 Å². The normalized spacial score (nSPS) is 46.8. The van der Waals surface area contributed by atoms with E-state index >= 15 is 0 Å². The van der Waals surface area contributed by atoms with Gasteiger partial charge in [0.25, 0.3) is 0 Å². The van der Waals surface area contributed by atoms with Crippen LogP contribution in [0.3, 0.4) is 0 Å². The molecular weight excluding hydrogens is 318 g/mol. The van der Waals surface area contributed by atoms with E-state index in [1.165, 1.54) is 38.5 Å². The van der Waals surface area contributed by atoms with Crippen LogP contribution in [-0.4, -0.2) is 41.9 Å². The van der Waals surface area contributed by atoms with Crippen molar-refractivity contribution >= 4 is 21.8 Å². The van der Waals surface area contributed by atoms with Gasteiger partial charge >= 0.3 is 0 Å². The zero-order valence-corrected chi connectivity index (χ0v) is 13.6. The van der Waals surface area contributed by atoms with Gasteiger partial charge in [-0.2, -0.15) is 0 Å². The van der Waals surface area contributed by atoms with E-state index in [4.69, 9.17) is 4.74 Å². The van der Waals surface area contributed by atoms with Gasteiger partial charge in [0.05, 0.1) is 24.7 Å². The van der Waals surface area contributed by atoms with Gasteiger partial charge in [-0.15, -0.1) is 0 Å². The molecule has 5 aliphatic rings. The third-order valence-corrected chi connectivity index (χ3v) is 6.91. The summed E-state index contributed by atoms with van der Waals surface area (Å²) in [4.78, 5) is 15.4. The molecule has 4 aliphatic carbocycles. The van der Waals surface area contributed by atoms with Crippen molar-refractivity contribution in [3.05, 3.63) is 0 Å². The zero-order valence-electron chi connectivity index (χ0n) is 12.0. The van der Waals surface area contributed by atoms with Gasteiger partial charge in [0.2, 0.25) is 5.91 Å². The number of nitrogens with zero attached hydrogens (tertiary/aromatic N) is 1. The minimum Gasteiger partial charge on any atom is -0.377 e. The highest BCUT2D eigenvalue weighted by atomic mass is 79.9. The molecule has 20 heavy (non-hydrogen) atoms. The number of carbonyl (C=O) groups is 1. The molecule has 3 nitrogen and oxygen atoms in total. The zero-order chi connectivity index (χ0) is 13.7. The molecule has 0 aromatic rings. The predicted octanol–water partition coefficient (Wildman–Crippen LogP) is 2.83. The van der Waals surface area contributed by atoms with Crippen LogP contribution in [-0.2, 0) is 9.53 Å². The summed E-state index contributed by atoms with van der Waals surface area (Å²) in [6.07, 6.45) is 7.71. The Balaban J connectivity index is 1.58. The van der Waals surface area contributed by atoms with E-state index < -0.39 is 0 Å². The number of alkyl halides is 1. The quantitative estimate of drug-likeness (QED) is 0.723. The fourth-order valence-electron chi connectivity index (χ4n) is 5.73. The van der Waals surface area contributed by atoms with Crippen molar-refractivity contribution in [2.24, 2.45) is 23.2 Å². The molecule has 1 heterocycles.